The van der Waals surface area contributed by atoms with E-state index in [4.69, 9.17) is 0 Å². The average molecular weight is 252 g/mol. The quantitative estimate of drug-likeness (QED) is 0.689. The molecule has 3 rings (SSSR count). The molecular weight excluding hydrogens is 232 g/mol. The Hall–Kier alpha value is -1.96. The topological polar surface area (TPSA) is 6.89 Å². The lowest BCUT2D eigenvalue weighted by atomic mass is 10.0. The molecule has 0 radical (unpaired) electrons. The molecule has 0 aliphatic carbocycles. The van der Waals surface area contributed by atoms with Crippen LogP contribution in [0.2, 0.25) is 0 Å². The van der Waals surface area contributed by atoms with Crippen LogP contribution in [0.4, 0.5) is 5.69 Å². The number of benzene rings is 1. The van der Waals surface area contributed by atoms with E-state index in [0.29, 0.717) is 0 Å². The standard InChI is InChI=1S/C17H20N2/c1-12-8-13(2)17(14(3)9-12)18-10-16-7-5-6-15(4)19(16)11-18/h5-10H,11H2,1-4H3/q+2. The lowest BCUT2D eigenvalue weighted by molar-refractivity contribution is -0.812. The smallest absolute Gasteiger partial charge is 0.132 e. The largest absolute Gasteiger partial charge is 0.345 e. The molecule has 0 saturated carbocycles. The van der Waals surface area contributed by atoms with Crippen molar-refractivity contribution in [3.8, 4) is 0 Å². The monoisotopic (exact) mass is 252 g/mol. The van der Waals surface area contributed by atoms with Gasteiger partial charge in [-0.15, -0.1) is 9.14 Å². The third-order valence-corrected chi connectivity index (χ3v) is 3.85. The Balaban J connectivity index is 2.11. The van der Waals surface area contributed by atoms with Crippen LogP contribution in [0, 0.1) is 27.7 Å². The summed E-state index contributed by atoms with van der Waals surface area (Å²) in [4.78, 5) is 0. The van der Waals surface area contributed by atoms with Crippen molar-refractivity contribution in [1.82, 2.24) is 0 Å². The van der Waals surface area contributed by atoms with Crippen LogP contribution < -0.4 is 4.57 Å². The van der Waals surface area contributed by atoms with Gasteiger partial charge >= 0.3 is 6.67 Å². The summed E-state index contributed by atoms with van der Waals surface area (Å²) in [6, 6.07) is 11.0. The maximum atomic E-state index is 2.35. The summed E-state index contributed by atoms with van der Waals surface area (Å²) in [5.41, 5.74) is 7.95. The molecule has 1 aliphatic heterocycles. The Morgan fingerprint density at radius 3 is 2.26 bits per heavy atom. The minimum atomic E-state index is 0.909. The van der Waals surface area contributed by atoms with E-state index >= 15 is 0 Å². The zero-order chi connectivity index (χ0) is 13.6. The molecule has 0 bridgehead atoms. The number of fused-ring (bicyclic) bond motifs is 1. The number of aromatic nitrogens is 1. The van der Waals surface area contributed by atoms with Crippen molar-refractivity contribution in [2.75, 3.05) is 0 Å². The molecule has 0 amide bonds. The predicted octanol–water partition coefficient (Wildman–Crippen LogP) is 2.94. The SMILES string of the molecule is Cc1cc(C)c([N+]2=Cc3cccc(C)[n+]3C2)c(C)c1. The Morgan fingerprint density at radius 2 is 1.63 bits per heavy atom. The average Bonchev–Trinajstić information content (AvgIpc) is 2.72. The summed E-state index contributed by atoms with van der Waals surface area (Å²) in [7, 11) is 0. The third kappa shape index (κ3) is 1.97. The highest BCUT2D eigenvalue weighted by molar-refractivity contribution is 5.73. The van der Waals surface area contributed by atoms with Gasteiger partial charge in [0.2, 0.25) is 11.9 Å². The molecule has 96 valence electrons. The molecule has 19 heavy (non-hydrogen) atoms. The van der Waals surface area contributed by atoms with Crippen LogP contribution >= 0.6 is 0 Å². The molecule has 2 heteroatoms. The second-order valence-corrected chi connectivity index (χ2v) is 5.51. The van der Waals surface area contributed by atoms with Gasteiger partial charge in [0.15, 0.2) is 5.69 Å². The van der Waals surface area contributed by atoms with Gasteiger partial charge in [-0.25, -0.2) is 0 Å². The molecule has 0 unspecified atom stereocenters. The molecule has 2 heterocycles. The van der Waals surface area contributed by atoms with E-state index in [0.717, 1.165) is 6.67 Å². The van der Waals surface area contributed by atoms with Gasteiger partial charge in [0.1, 0.15) is 0 Å². The van der Waals surface area contributed by atoms with Crippen LogP contribution in [0.25, 0.3) is 0 Å². The Labute approximate surface area is 114 Å². The summed E-state index contributed by atoms with van der Waals surface area (Å²) in [5.74, 6) is 0. The number of nitrogens with zero attached hydrogens (tertiary/aromatic N) is 2. The number of pyridine rings is 1. The van der Waals surface area contributed by atoms with Crippen molar-refractivity contribution in [2.24, 2.45) is 0 Å². The van der Waals surface area contributed by atoms with E-state index in [1.807, 2.05) is 0 Å². The van der Waals surface area contributed by atoms with Crippen molar-refractivity contribution in [1.29, 1.82) is 0 Å². The molecule has 0 spiro atoms. The number of aryl methyl sites for hydroxylation is 4. The van der Waals surface area contributed by atoms with Crippen LogP contribution in [-0.2, 0) is 6.67 Å². The van der Waals surface area contributed by atoms with Crippen LogP contribution in [0.5, 0.6) is 0 Å². The summed E-state index contributed by atoms with van der Waals surface area (Å²) in [6.07, 6.45) is 2.25. The maximum absolute atomic E-state index is 2.35. The van der Waals surface area contributed by atoms with Gasteiger partial charge in [-0.2, -0.15) is 0 Å². The van der Waals surface area contributed by atoms with Gasteiger partial charge in [0, 0.05) is 30.2 Å². The molecule has 0 atom stereocenters. The first-order valence-electron chi connectivity index (χ1n) is 6.75. The van der Waals surface area contributed by atoms with E-state index in [9.17, 15) is 0 Å². The van der Waals surface area contributed by atoms with E-state index < -0.39 is 0 Å². The Morgan fingerprint density at radius 1 is 0.947 bits per heavy atom. The number of hydrogen-bond acceptors (Lipinski definition) is 0. The molecule has 2 aromatic rings. The van der Waals surface area contributed by atoms with Gasteiger partial charge < -0.3 is 0 Å². The van der Waals surface area contributed by atoms with Crippen molar-refractivity contribution in [3.63, 3.8) is 0 Å². The van der Waals surface area contributed by atoms with Gasteiger partial charge in [0.05, 0.1) is 0 Å². The molecule has 0 saturated heterocycles. The van der Waals surface area contributed by atoms with Gasteiger partial charge in [-0.3, -0.25) is 0 Å². The summed E-state index contributed by atoms with van der Waals surface area (Å²) in [5, 5.41) is 0. The van der Waals surface area contributed by atoms with E-state index in [1.54, 1.807) is 0 Å². The summed E-state index contributed by atoms with van der Waals surface area (Å²) >= 11 is 0. The fourth-order valence-corrected chi connectivity index (χ4v) is 3.09. The van der Waals surface area contributed by atoms with Gasteiger partial charge in [0.25, 0.3) is 5.69 Å². The second-order valence-electron chi connectivity index (χ2n) is 5.51. The Bertz CT molecular complexity index is 673. The molecule has 0 fully saturated rings. The van der Waals surface area contributed by atoms with Crippen LogP contribution in [0.3, 0.4) is 0 Å². The van der Waals surface area contributed by atoms with Crippen molar-refractivity contribution in [3.05, 3.63) is 58.4 Å². The number of hydrogen-bond donors (Lipinski definition) is 0. The first-order chi connectivity index (χ1) is 9.06. The zero-order valence-corrected chi connectivity index (χ0v) is 12.1. The summed E-state index contributed by atoms with van der Waals surface area (Å²) in [6.45, 7) is 9.63. The minimum Gasteiger partial charge on any atom is -0.132 e. The van der Waals surface area contributed by atoms with Crippen LogP contribution in [0.15, 0.2) is 30.3 Å². The molecule has 0 N–H and O–H groups in total. The molecule has 2 nitrogen and oxygen atoms in total. The molecule has 1 aromatic carbocycles. The zero-order valence-electron chi connectivity index (χ0n) is 12.1. The van der Waals surface area contributed by atoms with E-state index in [2.05, 4.69) is 73.4 Å². The maximum Gasteiger partial charge on any atom is 0.345 e. The first kappa shape index (κ1) is 12.1. The number of rotatable bonds is 1. The van der Waals surface area contributed by atoms with Crippen molar-refractivity contribution < 1.29 is 9.14 Å². The third-order valence-electron chi connectivity index (χ3n) is 3.85. The fraction of sp³-hybridized carbons (Fsp3) is 0.294. The minimum absolute atomic E-state index is 0.909. The normalized spacial score (nSPS) is 13.4. The van der Waals surface area contributed by atoms with Crippen molar-refractivity contribution >= 4 is 11.9 Å². The fourth-order valence-electron chi connectivity index (χ4n) is 3.09. The lowest BCUT2D eigenvalue weighted by Gasteiger charge is -2.05. The van der Waals surface area contributed by atoms with Gasteiger partial charge in [-0.1, -0.05) is 5.56 Å². The lowest BCUT2D eigenvalue weighted by Crippen LogP contribution is -2.39. The van der Waals surface area contributed by atoms with Gasteiger partial charge in [-0.05, 0) is 39.0 Å². The first-order valence-corrected chi connectivity index (χ1v) is 6.75. The molecular formula is C17H20N2+2. The highest BCUT2D eigenvalue weighted by atomic mass is 15.2. The highest BCUT2D eigenvalue weighted by Gasteiger charge is 2.31. The van der Waals surface area contributed by atoms with Crippen LogP contribution in [-0.4, -0.2) is 10.8 Å². The van der Waals surface area contributed by atoms with E-state index in [-0.39, 0.29) is 0 Å². The van der Waals surface area contributed by atoms with Crippen molar-refractivity contribution in [2.45, 2.75) is 34.4 Å². The summed E-state index contributed by atoms with van der Waals surface area (Å²) < 4.78 is 4.70. The van der Waals surface area contributed by atoms with Crippen LogP contribution in [0.1, 0.15) is 28.1 Å². The second kappa shape index (κ2) is 4.30. The highest BCUT2D eigenvalue weighted by Crippen LogP contribution is 2.25. The Kier molecular flexibility index (Phi) is 2.74. The predicted molar refractivity (Wildman–Crippen MR) is 77.1 cm³/mol. The molecule has 1 aliphatic rings. The molecule has 1 aromatic heterocycles. The van der Waals surface area contributed by atoms with E-state index in [1.165, 1.54) is 33.8 Å².